The van der Waals surface area contributed by atoms with E-state index in [9.17, 15) is 9.59 Å². The molecular weight excluding hydrogens is 316 g/mol. The van der Waals surface area contributed by atoms with E-state index in [1.165, 1.54) is 10.8 Å². The smallest absolute Gasteiger partial charge is 0.270 e. The molecule has 0 saturated carbocycles. The van der Waals surface area contributed by atoms with Crippen LogP contribution in [0.1, 0.15) is 43.1 Å². The van der Waals surface area contributed by atoms with Crippen molar-refractivity contribution >= 4 is 22.6 Å². The van der Waals surface area contributed by atoms with Crippen LogP contribution in [0.25, 0.3) is 16.7 Å². The van der Waals surface area contributed by atoms with Gasteiger partial charge in [-0.3, -0.25) is 14.0 Å². The van der Waals surface area contributed by atoms with Gasteiger partial charge in [-0.1, -0.05) is 13.0 Å². The molecule has 0 aliphatic carbocycles. The van der Waals surface area contributed by atoms with Gasteiger partial charge in [0.15, 0.2) is 0 Å². The predicted octanol–water partition coefficient (Wildman–Crippen LogP) is 2.59. The van der Waals surface area contributed by atoms with Crippen molar-refractivity contribution in [2.45, 2.75) is 38.6 Å². The third-order valence-electron chi connectivity index (χ3n) is 5.29. The number of aromatic nitrogens is 3. The number of rotatable bonds is 2. The van der Waals surface area contributed by atoms with Crippen LogP contribution in [0.15, 0.2) is 35.3 Å². The Morgan fingerprint density at radius 2 is 2.16 bits per heavy atom. The first kappa shape index (κ1) is 15.9. The van der Waals surface area contributed by atoms with Gasteiger partial charge in [0.1, 0.15) is 17.0 Å². The van der Waals surface area contributed by atoms with E-state index < -0.39 is 0 Å². The summed E-state index contributed by atoms with van der Waals surface area (Å²) in [4.78, 5) is 32.4. The van der Waals surface area contributed by atoms with Gasteiger partial charge in [0.05, 0.1) is 5.39 Å². The molecule has 0 radical (unpaired) electrons. The van der Waals surface area contributed by atoms with E-state index in [1.807, 2.05) is 18.0 Å². The van der Waals surface area contributed by atoms with E-state index in [0.717, 1.165) is 25.8 Å². The van der Waals surface area contributed by atoms with Crippen LogP contribution in [0.4, 0.5) is 0 Å². The van der Waals surface area contributed by atoms with Crippen LogP contribution in [0.5, 0.6) is 0 Å². The fourth-order valence-electron chi connectivity index (χ4n) is 3.87. The molecule has 130 valence electrons. The van der Waals surface area contributed by atoms with Gasteiger partial charge < -0.3 is 9.47 Å². The fourth-order valence-corrected chi connectivity index (χ4v) is 3.87. The molecule has 25 heavy (non-hydrogen) atoms. The number of amides is 1. The molecular formula is C19H22N4O2. The number of fused-ring (bicyclic) bond motifs is 2. The lowest BCUT2D eigenvalue weighted by Crippen LogP contribution is -2.43. The number of piperidine rings is 1. The van der Waals surface area contributed by atoms with Crippen molar-refractivity contribution in [3.63, 3.8) is 0 Å². The third kappa shape index (κ3) is 2.44. The Morgan fingerprint density at radius 3 is 2.96 bits per heavy atom. The zero-order valence-electron chi connectivity index (χ0n) is 14.6. The molecule has 3 aromatic rings. The lowest BCUT2D eigenvalue weighted by Gasteiger charge is -2.35. The van der Waals surface area contributed by atoms with Gasteiger partial charge in [0.2, 0.25) is 0 Å². The van der Waals surface area contributed by atoms with Crippen molar-refractivity contribution in [2.75, 3.05) is 6.54 Å². The highest BCUT2D eigenvalue weighted by Crippen LogP contribution is 2.23. The van der Waals surface area contributed by atoms with Gasteiger partial charge in [-0.15, -0.1) is 0 Å². The molecule has 1 saturated heterocycles. The topological polar surface area (TPSA) is 59.6 Å². The number of hydrogen-bond donors (Lipinski definition) is 0. The second kappa shape index (κ2) is 6.02. The Morgan fingerprint density at radius 1 is 1.32 bits per heavy atom. The Bertz CT molecular complexity index is 1020. The highest BCUT2D eigenvalue weighted by Gasteiger charge is 2.28. The van der Waals surface area contributed by atoms with Crippen molar-refractivity contribution in [3.8, 4) is 0 Å². The molecule has 6 nitrogen and oxygen atoms in total. The molecule has 0 N–H and O–H groups in total. The summed E-state index contributed by atoms with van der Waals surface area (Å²) in [5.74, 6) is 0.000469. The summed E-state index contributed by atoms with van der Waals surface area (Å²) in [6.45, 7) is 2.91. The highest BCUT2D eigenvalue weighted by molar-refractivity contribution is 5.98. The average molecular weight is 338 g/mol. The lowest BCUT2D eigenvalue weighted by molar-refractivity contribution is 0.0598. The summed E-state index contributed by atoms with van der Waals surface area (Å²) >= 11 is 0. The van der Waals surface area contributed by atoms with E-state index in [2.05, 4.69) is 11.9 Å². The molecule has 1 amide bonds. The standard InChI is InChI=1S/C19H22N4O2/c1-3-13-8-4-6-10-22(13)19(25)15-12-14-17(21(15)2)20-16-9-5-7-11-23(16)18(14)24/h5,7,9,11-13H,3-4,6,8,10H2,1-2H3/t13-/m0/s1. The van der Waals surface area contributed by atoms with E-state index in [0.29, 0.717) is 22.4 Å². The minimum absolute atomic E-state index is 0.000469. The van der Waals surface area contributed by atoms with E-state index in [1.54, 1.807) is 29.0 Å². The fraction of sp³-hybridized carbons (Fsp3) is 0.421. The zero-order chi connectivity index (χ0) is 17.6. The Labute approximate surface area is 145 Å². The number of pyridine rings is 1. The first-order chi connectivity index (χ1) is 12.1. The molecule has 1 aliphatic rings. The van der Waals surface area contributed by atoms with Crippen LogP contribution >= 0.6 is 0 Å². The zero-order valence-corrected chi connectivity index (χ0v) is 14.6. The van der Waals surface area contributed by atoms with Crippen molar-refractivity contribution in [3.05, 3.63) is 46.5 Å². The summed E-state index contributed by atoms with van der Waals surface area (Å²) in [6, 6.07) is 7.44. The van der Waals surface area contributed by atoms with Crippen LogP contribution < -0.4 is 5.56 Å². The number of likely N-dealkylation sites (tertiary alicyclic amines) is 1. The Kier molecular flexibility index (Phi) is 3.82. The van der Waals surface area contributed by atoms with Crippen LogP contribution in [0, 0.1) is 0 Å². The van der Waals surface area contributed by atoms with Crippen molar-refractivity contribution in [2.24, 2.45) is 7.05 Å². The molecule has 0 spiro atoms. The number of nitrogens with zero attached hydrogens (tertiary/aromatic N) is 4. The lowest BCUT2D eigenvalue weighted by atomic mass is 9.99. The van der Waals surface area contributed by atoms with Gasteiger partial charge in [0, 0.05) is 25.8 Å². The molecule has 6 heteroatoms. The SMILES string of the molecule is CC[C@H]1CCCCN1C(=O)c1cc2c(=O)n3ccccc3nc2n1C. The van der Waals surface area contributed by atoms with Gasteiger partial charge in [-0.2, -0.15) is 0 Å². The largest absolute Gasteiger partial charge is 0.334 e. The Hall–Kier alpha value is -2.63. The maximum atomic E-state index is 13.1. The van der Waals surface area contributed by atoms with Gasteiger partial charge in [-0.25, -0.2) is 4.98 Å². The second-order valence-electron chi connectivity index (χ2n) is 6.73. The second-order valence-corrected chi connectivity index (χ2v) is 6.73. The Balaban J connectivity index is 1.86. The van der Waals surface area contributed by atoms with E-state index >= 15 is 0 Å². The molecule has 4 rings (SSSR count). The molecule has 4 heterocycles. The van der Waals surface area contributed by atoms with E-state index in [-0.39, 0.29) is 17.5 Å². The molecule has 1 atom stereocenters. The molecule has 3 aromatic heterocycles. The van der Waals surface area contributed by atoms with Crippen LogP contribution in [-0.2, 0) is 7.05 Å². The molecule has 0 bridgehead atoms. The van der Waals surface area contributed by atoms with Crippen LogP contribution in [0.2, 0.25) is 0 Å². The van der Waals surface area contributed by atoms with Gasteiger partial charge in [-0.05, 0) is 43.9 Å². The number of aryl methyl sites for hydroxylation is 1. The summed E-state index contributed by atoms with van der Waals surface area (Å²) < 4.78 is 3.28. The number of carbonyl (C=O) groups is 1. The molecule has 1 aliphatic heterocycles. The maximum absolute atomic E-state index is 13.1. The first-order valence-electron chi connectivity index (χ1n) is 8.89. The van der Waals surface area contributed by atoms with E-state index in [4.69, 9.17) is 0 Å². The maximum Gasteiger partial charge on any atom is 0.270 e. The average Bonchev–Trinajstić information content (AvgIpc) is 2.98. The van der Waals surface area contributed by atoms with Crippen molar-refractivity contribution < 1.29 is 4.79 Å². The summed E-state index contributed by atoms with van der Waals surface area (Å²) in [5.41, 5.74) is 1.55. The summed E-state index contributed by atoms with van der Waals surface area (Å²) in [6.07, 6.45) is 5.93. The minimum atomic E-state index is -0.138. The number of hydrogen-bond acceptors (Lipinski definition) is 3. The van der Waals surface area contributed by atoms with Crippen molar-refractivity contribution in [1.29, 1.82) is 0 Å². The molecule has 0 aromatic carbocycles. The summed E-state index contributed by atoms with van der Waals surface area (Å²) in [7, 11) is 1.81. The summed E-state index contributed by atoms with van der Waals surface area (Å²) in [5, 5.41) is 0.486. The minimum Gasteiger partial charge on any atom is -0.334 e. The van der Waals surface area contributed by atoms with Crippen LogP contribution in [0.3, 0.4) is 0 Å². The number of carbonyl (C=O) groups excluding carboxylic acids is 1. The monoisotopic (exact) mass is 338 g/mol. The van der Waals surface area contributed by atoms with Gasteiger partial charge >= 0.3 is 0 Å². The van der Waals surface area contributed by atoms with Crippen LogP contribution in [-0.4, -0.2) is 37.3 Å². The predicted molar refractivity (Wildman–Crippen MR) is 96.9 cm³/mol. The van der Waals surface area contributed by atoms with Crippen molar-refractivity contribution in [1.82, 2.24) is 18.9 Å². The third-order valence-corrected chi connectivity index (χ3v) is 5.29. The highest BCUT2D eigenvalue weighted by atomic mass is 16.2. The normalized spacial score (nSPS) is 18.2. The first-order valence-corrected chi connectivity index (χ1v) is 8.89. The quantitative estimate of drug-likeness (QED) is 0.721. The molecule has 1 fully saturated rings. The molecule has 0 unspecified atom stereocenters. The van der Waals surface area contributed by atoms with Gasteiger partial charge in [0.25, 0.3) is 11.5 Å².